The van der Waals surface area contributed by atoms with Gasteiger partial charge in [0.15, 0.2) is 11.5 Å². The Morgan fingerprint density at radius 2 is 1.88 bits per heavy atom. The van der Waals surface area contributed by atoms with Crippen molar-refractivity contribution in [3.63, 3.8) is 0 Å². The largest absolute Gasteiger partial charge is 0.493 e. The third kappa shape index (κ3) is 5.61. The molecule has 1 aromatic rings. The molecule has 1 unspecified atom stereocenters. The Morgan fingerprint density at radius 3 is 2.48 bits per heavy atom. The van der Waals surface area contributed by atoms with E-state index in [9.17, 15) is 4.79 Å². The maximum Gasteiger partial charge on any atom is 0.223 e. The fourth-order valence-corrected chi connectivity index (χ4v) is 3.24. The molecule has 1 aliphatic rings. The Morgan fingerprint density at radius 1 is 1.20 bits per heavy atom. The van der Waals surface area contributed by atoms with E-state index in [0.29, 0.717) is 6.61 Å². The van der Waals surface area contributed by atoms with Crippen molar-refractivity contribution in [3.8, 4) is 11.5 Å². The Kier molecular flexibility index (Phi) is 7.52. The lowest BCUT2D eigenvalue weighted by atomic mass is 9.95. The summed E-state index contributed by atoms with van der Waals surface area (Å²) in [6, 6.07) is 6.07. The molecule has 1 heterocycles. The van der Waals surface area contributed by atoms with E-state index in [1.165, 1.54) is 5.56 Å². The van der Waals surface area contributed by atoms with E-state index >= 15 is 0 Å². The van der Waals surface area contributed by atoms with E-state index in [2.05, 4.69) is 16.3 Å². The number of hydrogen-bond donors (Lipinski definition) is 1. The SMILES string of the molecule is COCC(C)NC(=O)C1CCN(Cc2ccc(OC)c(OC)c2)CC1. The van der Waals surface area contributed by atoms with Crippen LogP contribution in [0.1, 0.15) is 25.3 Å². The summed E-state index contributed by atoms with van der Waals surface area (Å²) in [5.74, 6) is 1.74. The minimum Gasteiger partial charge on any atom is -0.493 e. The van der Waals surface area contributed by atoms with Gasteiger partial charge in [-0.15, -0.1) is 0 Å². The highest BCUT2D eigenvalue weighted by atomic mass is 16.5. The minimum atomic E-state index is 0.0577. The summed E-state index contributed by atoms with van der Waals surface area (Å²) in [7, 11) is 4.94. The molecule has 1 fully saturated rings. The molecule has 1 atom stereocenters. The van der Waals surface area contributed by atoms with Gasteiger partial charge < -0.3 is 19.5 Å². The van der Waals surface area contributed by atoms with Crippen LogP contribution >= 0.6 is 0 Å². The first kappa shape index (κ1) is 19.5. The van der Waals surface area contributed by atoms with Crippen LogP contribution < -0.4 is 14.8 Å². The van der Waals surface area contributed by atoms with Crippen molar-refractivity contribution in [2.75, 3.05) is 41.0 Å². The highest BCUT2D eigenvalue weighted by Gasteiger charge is 2.25. The molecule has 0 saturated carbocycles. The van der Waals surface area contributed by atoms with Crippen molar-refractivity contribution in [1.82, 2.24) is 10.2 Å². The second kappa shape index (κ2) is 9.63. The molecule has 1 N–H and O–H groups in total. The number of carbonyl (C=O) groups is 1. The molecule has 25 heavy (non-hydrogen) atoms. The lowest BCUT2D eigenvalue weighted by Gasteiger charge is -2.32. The number of nitrogens with zero attached hydrogens (tertiary/aromatic N) is 1. The van der Waals surface area contributed by atoms with Gasteiger partial charge in [0.05, 0.1) is 20.8 Å². The average molecular weight is 350 g/mol. The Bertz CT molecular complexity index is 556. The van der Waals surface area contributed by atoms with Crippen LogP contribution in [0.2, 0.25) is 0 Å². The second-order valence-corrected chi connectivity index (χ2v) is 6.60. The van der Waals surface area contributed by atoms with E-state index in [4.69, 9.17) is 14.2 Å². The molecule has 6 nitrogen and oxygen atoms in total. The van der Waals surface area contributed by atoms with Crippen molar-refractivity contribution in [2.24, 2.45) is 5.92 Å². The van der Waals surface area contributed by atoms with Gasteiger partial charge in [-0.3, -0.25) is 9.69 Å². The molecule has 1 amide bonds. The molecule has 0 aromatic heterocycles. The number of amides is 1. The monoisotopic (exact) mass is 350 g/mol. The smallest absolute Gasteiger partial charge is 0.223 e. The predicted octanol–water partition coefficient (Wildman–Crippen LogP) is 2.07. The van der Waals surface area contributed by atoms with Crippen LogP contribution in [0.5, 0.6) is 11.5 Å². The highest BCUT2D eigenvalue weighted by molar-refractivity contribution is 5.79. The Balaban J connectivity index is 1.83. The fourth-order valence-electron chi connectivity index (χ4n) is 3.24. The molecule has 1 saturated heterocycles. The average Bonchev–Trinajstić information content (AvgIpc) is 2.62. The van der Waals surface area contributed by atoms with Crippen LogP contribution in [0.15, 0.2) is 18.2 Å². The molecule has 0 radical (unpaired) electrons. The number of nitrogens with one attached hydrogen (secondary N) is 1. The quantitative estimate of drug-likeness (QED) is 0.778. The summed E-state index contributed by atoms with van der Waals surface area (Å²) in [4.78, 5) is 14.7. The maximum atomic E-state index is 12.3. The molecule has 1 aliphatic heterocycles. The zero-order valence-electron chi connectivity index (χ0n) is 15.7. The lowest BCUT2D eigenvalue weighted by molar-refractivity contribution is -0.127. The summed E-state index contributed by atoms with van der Waals surface area (Å²) >= 11 is 0. The van der Waals surface area contributed by atoms with E-state index in [-0.39, 0.29) is 17.9 Å². The number of hydrogen-bond acceptors (Lipinski definition) is 5. The summed E-state index contributed by atoms with van der Waals surface area (Å²) in [5, 5.41) is 3.03. The van der Waals surface area contributed by atoms with Crippen LogP contribution in [0.3, 0.4) is 0 Å². The Hall–Kier alpha value is -1.79. The second-order valence-electron chi connectivity index (χ2n) is 6.60. The van der Waals surface area contributed by atoms with Gasteiger partial charge in [0.25, 0.3) is 0 Å². The molecular formula is C19H30N2O4. The van der Waals surface area contributed by atoms with Crippen LogP contribution in [-0.4, -0.2) is 57.9 Å². The van der Waals surface area contributed by atoms with Gasteiger partial charge in [-0.05, 0) is 50.6 Å². The van der Waals surface area contributed by atoms with Crippen molar-refractivity contribution in [3.05, 3.63) is 23.8 Å². The number of carbonyl (C=O) groups excluding carboxylic acids is 1. The number of piperidine rings is 1. The van der Waals surface area contributed by atoms with Crippen LogP contribution in [0.25, 0.3) is 0 Å². The first-order valence-electron chi connectivity index (χ1n) is 8.80. The molecule has 1 aromatic carbocycles. The molecule has 140 valence electrons. The third-order valence-corrected chi connectivity index (χ3v) is 4.62. The zero-order valence-corrected chi connectivity index (χ0v) is 15.7. The van der Waals surface area contributed by atoms with Crippen LogP contribution in [-0.2, 0) is 16.1 Å². The van der Waals surface area contributed by atoms with Gasteiger partial charge in [-0.2, -0.15) is 0 Å². The maximum absolute atomic E-state index is 12.3. The van der Waals surface area contributed by atoms with Gasteiger partial charge in [0.1, 0.15) is 0 Å². The number of likely N-dealkylation sites (tertiary alicyclic amines) is 1. The molecule has 0 bridgehead atoms. The highest BCUT2D eigenvalue weighted by Crippen LogP contribution is 2.28. The predicted molar refractivity (Wildman–Crippen MR) is 97.0 cm³/mol. The first-order chi connectivity index (χ1) is 12.1. The minimum absolute atomic E-state index is 0.0577. The van der Waals surface area contributed by atoms with Gasteiger partial charge >= 0.3 is 0 Å². The van der Waals surface area contributed by atoms with Gasteiger partial charge in [0.2, 0.25) is 5.91 Å². The van der Waals surface area contributed by atoms with E-state index in [1.54, 1.807) is 21.3 Å². The first-order valence-corrected chi connectivity index (χ1v) is 8.80. The zero-order chi connectivity index (χ0) is 18.2. The Labute approximate surface area is 150 Å². The number of ether oxygens (including phenoxy) is 3. The number of methoxy groups -OCH3 is 3. The normalized spacial score (nSPS) is 17.1. The number of rotatable bonds is 8. The van der Waals surface area contributed by atoms with Crippen molar-refractivity contribution in [2.45, 2.75) is 32.4 Å². The van der Waals surface area contributed by atoms with Gasteiger partial charge in [0, 0.05) is 25.6 Å². The molecule has 6 heteroatoms. The third-order valence-electron chi connectivity index (χ3n) is 4.62. The van der Waals surface area contributed by atoms with Crippen molar-refractivity contribution >= 4 is 5.91 Å². The summed E-state index contributed by atoms with van der Waals surface area (Å²) in [6.07, 6.45) is 1.78. The fraction of sp³-hybridized carbons (Fsp3) is 0.632. The summed E-state index contributed by atoms with van der Waals surface area (Å²) < 4.78 is 15.7. The number of benzene rings is 1. The molecule has 2 rings (SSSR count). The van der Waals surface area contributed by atoms with E-state index in [1.807, 2.05) is 19.1 Å². The standard InChI is InChI=1S/C19H30N2O4/c1-14(13-23-2)20-19(22)16-7-9-21(10-8-16)12-15-5-6-17(24-3)18(11-15)25-4/h5-6,11,14,16H,7-10,12-13H2,1-4H3,(H,20,22). The summed E-state index contributed by atoms with van der Waals surface area (Å²) in [5.41, 5.74) is 1.19. The summed E-state index contributed by atoms with van der Waals surface area (Å²) in [6.45, 7) is 5.21. The van der Waals surface area contributed by atoms with Crippen LogP contribution in [0, 0.1) is 5.92 Å². The van der Waals surface area contributed by atoms with Gasteiger partial charge in [-0.1, -0.05) is 6.07 Å². The van der Waals surface area contributed by atoms with Crippen molar-refractivity contribution < 1.29 is 19.0 Å². The molecule has 0 aliphatic carbocycles. The van der Waals surface area contributed by atoms with Crippen molar-refractivity contribution in [1.29, 1.82) is 0 Å². The van der Waals surface area contributed by atoms with Gasteiger partial charge in [-0.25, -0.2) is 0 Å². The topological polar surface area (TPSA) is 60.0 Å². The lowest BCUT2D eigenvalue weighted by Crippen LogP contribution is -2.44. The van der Waals surface area contributed by atoms with E-state index in [0.717, 1.165) is 44.0 Å². The molecular weight excluding hydrogens is 320 g/mol. The van der Waals surface area contributed by atoms with Crippen LogP contribution in [0.4, 0.5) is 0 Å². The molecule has 0 spiro atoms. The van der Waals surface area contributed by atoms with E-state index < -0.39 is 0 Å².